The molecule has 10 heteroatoms. The molecule has 0 N–H and O–H groups in total. The maximum absolute atomic E-state index is 11.7. The van der Waals surface area contributed by atoms with Crippen LogP contribution in [0.4, 0.5) is 0 Å². The van der Waals surface area contributed by atoms with E-state index < -0.39 is 10.0 Å². The van der Waals surface area contributed by atoms with Gasteiger partial charge in [0.05, 0.1) is 12.5 Å². The predicted octanol–water partition coefficient (Wildman–Crippen LogP) is 1.52. The first-order chi connectivity index (χ1) is 12.0. The number of hydrogen-bond donors (Lipinski definition) is 0. The van der Waals surface area contributed by atoms with Crippen molar-refractivity contribution >= 4 is 21.8 Å². The van der Waals surface area contributed by atoms with Gasteiger partial charge in [0.15, 0.2) is 5.16 Å². The summed E-state index contributed by atoms with van der Waals surface area (Å²) in [6.45, 7) is 3.87. The lowest BCUT2D eigenvalue weighted by Crippen LogP contribution is -2.40. The molecule has 0 bridgehead atoms. The van der Waals surface area contributed by atoms with E-state index in [4.69, 9.17) is 0 Å². The molecule has 1 aliphatic rings. The van der Waals surface area contributed by atoms with Crippen LogP contribution in [0.25, 0.3) is 11.3 Å². The summed E-state index contributed by atoms with van der Waals surface area (Å²) in [4.78, 5) is 8.62. The van der Waals surface area contributed by atoms with Crippen LogP contribution < -0.4 is 0 Å². The van der Waals surface area contributed by atoms with Gasteiger partial charge in [-0.2, -0.15) is 0 Å². The summed E-state index contributed by atoms with van der Waals surface area (Å²) in [6.07, 6.45) is 8.52. The lowest BCUT2D eigenvalue weighted by molar-refractivity contribution is 0.239. The molecular weight excluding hydrogens is 360 g/mol. The third kappa shape index (κ3) is 4.77. The highest BCUT2D eigenvalue weighted by atomic mass is 32.2. The first kappa shape index (κ1) is 18.3. The van der Waals surface area contributed by atoms with Crippen molar-refractivity contribution < 1.29 is 8.42 Å². The van der Waals surface area contributed by atoms with Crippen LogP contribution >= 0.6 is 11.8 Å². The Balaban J connectivity index is 1.65. The van der Waals surface area contributed by atoms with Gasteiger partial charge in [-0.1, -0.05) is 23.9 Å². The monoisotopic (exact) mass is 382 g/mol. The fourth-order valence-electron chi connectivity index (χ4n) is 2.91. The molecule has 0 aromatic carbocycles. The molecule has 25 heavy (non-hydrogen) atoms. The zero-order valence-corrected chi connectivity index (χ0v) is 16.0. The minimum Gasteiger partial charge on any atom is -0.252 e. The third-order valence-electron chi connectivity index (χ3n) is 4.13. The lowest BCUT2D eigenvalue weighted by atomic mass is 10.00. The zero-order chi connectivity index (χ0) is 17.9. The van der Waals surface area contributed by atoms with E-state index in [1.807, 2.05) is 6.20 Å². The van der Waals surface area contributed by atoms with Crippen molar-refractivity contribution in [3.05, 3.63) is 18.6 Å². The van der Waals surface area contributed by atoms with E-state index >= 15 is 0 Å². The van der Waals surface area contributed by atoms with E-state index in [0.717, 1.165) is 35.0 Å². The number of thioether (sulfide) groups is 1. The minimum atomic E-state index is -3.13. The number of piperidine rings is 1. The Morgan fingerprint density at radius 1 is 1.32 bits per heavy atom. The second-order valence-electron chi connectivity index (χ2n) is 6.14. The van der Waals surface area contributed by atoms with Crippen LogP contribution in [0, 0.1) is 5.92 Å². The van der Waals surface area contributed by atoms with Crippen molar-refractivity contribution in [2.24, 2.45) is 5.92 Å². The maximum Gasteiger partial charge on any atom is 0.211 e. The fraction of sp³-hybridized carbons (Fsp3) is 0.600. The Morgan fingerprint density at radius 2 is 2.08 bits per heavy atom. The van der Waals surface area contributed by atoms with Gasteiger partial charge >= 0.3 is 0 Å². The van der Waals surface area contributed by atoms with Crippen LogP contribution in [-0.4, -0.2) is 62.8 Å². The summed E-state index contributed by atoms with van der Waals surface area (Å²) >= 11 is 1.59. The van der Waals surface area contributed by atoms with Crippen molar-refractivity contribution in [3.63, 3.8) is 0 Å². The summed E-state index contributed by atoms with van der Waals surface area (Å²) < 4.78 is 26.8. The Kier molecular flexibility index (Phi) is 5.70. The predicted molar refractivity (Wildman–Crippen MR) is 96.6 cm³/mol. The Bertz CT molecular complexity index is 806. The Labute approximate surface area is 152 Å². The molecule has 0 spiro atoms. The highest BCUT2D eigenvalue weighted by Gasteiger charge is 2.26. The van der Waals surface area contributed by atoms with E-state index in [1.165, 1.54) is 6.26 Å². The smallest absolute Gasteiger partial charge is 0.211 e. The second kappa shape index (κ2) is 7.79. The molecule has 1 atom stereocenters. The fourth-order valence-corrected chi connectivity index (χ4v) is 4.37. The van der Waals surface area contributed by atoms with Crippen molar-refractivity contribution in [1.82, 2.24) is 29.3 Å². The van der Waals surface area contributed by atoms with Gasteiger partial charge in [0.25, 0.3) is 0 Å². The molecule has 1 fully saturated rings. The Morgan fingerprint density at radius 3 is 2.76 bits per heavy atom. The molecule has 0 radical (unpaired) electrons. The highest BCUT2D eigenvalue weighted by molar-refractivity contribution is 7.99. The minimum absolute atomic E-state index is 0.248. The van der Waals surface area contributed by atoms with Crippen molar-refractivity contribution in [1.29, 1.82) is 0 Å². The number of sulfonamides is 1. The number of nitrogens with zero attached hydrogens (tertiary/aromatic N) is 6. The van der Waals surface area contributed by atoms with Crippen molar-refractivity contribution in [2.75, 3.05) is 25.1 Å². The van der Waals surface area contributed by atoms with E-state index in [1.54, 1.807) is 33.1 Å². The summed E-state index contributed by atoms with van der Waals surface area (Å²) in [5.74, 6) is 1.18. The molecule has 1 aliphatic heterocycles. The molecule has 0 aliphatic carbocycles. The van der Waals surface area contributed by atoms with Gasteiger partial charge in [0.2, 0.25) is 10.0 Å². The van der Waals surface area contributed by atoms with E-state index in [0.29, 0.717) is 19.6 Å². The van der Waals surface area contributed by atoms with Crippen LogP contribution in [0.15, 0.2) is 23.7 Å². The van der Waals surface area contributed by atoms with Crippen molar-refractivity contribution in [3.8, 4) is 11.3 Å². The average Bonchev–Trinajstić information content (AvgIpc) is 3.04. The average molecular weight is 383 g/mol. The van der Waals surface area contributed by atoms with E-state index in [9.17, 15) is 8.42 Å². The highest BCUT2D eigenvalue weighted by Crippen LogP contribution is 2.21. The molecule has 2 aromatic heterocycles. The standard InChI is InChI=1S/C15H22N6O2S2/c1-3-24-15-16-7-13(8-17-15)14-11-20(19-18-14)9-12-5-4-6-21(10-12)25(2,22)23/h7-8,11-12H,3-6,9-10H2,1-2H3/t12-/m1/s1. The molecular formula is C15H22N6O2S2. The van der Waals surface area contributed by atoms with Gasteiger partial charge in [-0.25, -0.2) is 22.7 Å². The molecule has 0 amide bonds. The molecule has 1 saturated heterocycles. The first-order valence-electron chi connectivity index (χ1n) is 8.26. The van der Waals surface area contributed by atoms with Crippen LogP contribution in [0.1, 0.15) is 19.8 Å². The summed E-state index contributed by atoms with van der Waals surface area (Å²) in [5.41, 5.74) is 1.55. The molecule has 0 saturated carbocycles. The van der Waals surface area contributed by atoms with Crippen LogP contribution in [0.5, 0.6) is 0 Å². The lowest BCUT2D eigenvalue weighted by Gasteiger charge is -2.30. The van der Waals surface area contributed by atoms with Gasteiger partial charge in [-0.15, -0.1) is 5.10 Å². The van der Waals surface area contributed by atoms with Gasteiger partial charge in [-0.05, 0) is 24.5 Å². The second-order valence-corrected chi connectivity index (χ2v) is 9.36. The summed E-state index contributed by atoms with van der Waals surface area (Å²) in [7, 11) is -3.13. The molecule has 2 aromatic rings. The molecule has 136 valence electrons. The molecule has 3 rings (SSSR count). The topological polar surface area (TPSA) is 93.9 Å². The number of rotatable bonds is 6. The maximum atomic E-state index is 11.7. The summed E-state index contributed by atoms with van der Waals surface area (Å²) in [6, 6.07) is 0. The third-order valence-corrected chi connectivity index (χ3v) is 6.16. The number of hydrogen-bond acceptors (Lipinski definition) is 7. The van der Waals surface area contributed by atoms with Gasteiger partial charge in [0, 0.05) is 37.6 Å². The molecule has 0 unspecified atom stereocenters. The van der Waals surface area contributed by atoms with Crippen LogP contribution in [0.2, 0.25) is 0 Å². The quantitative estimate of drug-likeness (QED) is 0.552. The van der Waals surface area contributed by atoms with E-state index in [2.05, 4.69) is 27.2 Å². The Hall–Kier alpha value is -1.52. The normalized spacial score (nSPS) is 19.2. The zero-order valence-electron chi connectivity index (χ0n) is 14.4. The van der Waals surface area contributed by atoms with Gasteiger partial charge in [0.1, 0.15) is 5.69 Å². The van der Waals surface area contributed by atoms with Gasteiger partial charge < -0.3 is 0 Å². The first-order valence-corrected chi connectivity index (χ1v) is 11.1. The molecule has 8 nitrogen and oxygen atoms in total. The summed E-state index contributed by atoms with van der Waals surface area (Å²) in [5, 5.41) is 9.11. The van der Waals surface area contributed by atoms with Crippen LogP contribution in [0.3, 0.4) is 0 Å². The van der Waals surface area contributed by atoms with Crippen molar-refractivity contribution in [2.45, 2.75) is 31.5 Å². The van der Waals surface area contributed by atoms with E-state index in [-0.39, 0.29) is 5.92 Å². The van der Waals surface area contributed by atoms with Gasteiger partial charge in [-0.3, -0.25) is 4.68 Å². The van der Waals surface area contributed by atoms with Crippen LogP contribution in [-0.2, 0) is 16.6 Å². The SMILES string of the molecule is CCSc1ncc(-c2cn(C[C@H]3CCCN(S(C)(=O)=O)C3)nn2)cn1. The molecule has 3 heterocycles. The largest absolute Gasteiger partial charge is 0.252 e. The number of aromatic nitrogens is 5.